The van der Waals surface area contributed by atoms with Crippen molar-refractivity contribution in [3.8, 4) is 11.3 Å². The summed E-state index contributed by atoms with van der Waals surface area (Å²) in [5.41, 5.74) is 2.21. The van der Waals surface area contributed by atoms with Crippen molar-refractivity contribution in [2.45, 2.75) is 0 Å². The normalized spacial score (nSPS) is 16.7. The van der Waals surface area contributed by atoms with Gasteiger partial charge in [-0.15, -0.1) is 17.9 Å². The molecule has 7 heteroatoms. The third kappa shape index (κ3) is 4.21. The highest BCUT2D eigenvalue weighted by Gasteiger charge is 2.33. The largest absolute Gasteiger partial charge is 0.282 e. The summed E-state index contributed by atoms with van der Waals surface area (Å²) in [6.45, 7) is 4.03. The van der Waals surface area contributed by atoms with Crippen LogP contribution in [0.25, 0.3) is 17.3 Å². The van der Waals surface area contributed by atoms with E-state index in [0.29, 0.717) is 27.3 Å². The van der Waals surface area contributed by atoms with Crippen LogP contribution in [0.5, 0.6) is 0 Å². The molecule has 0 radical (unpaired) electrons. The van der Waals surface area contributed by atoms with Gasteiger partial charge >= 0.3 is 0 Å². The summed E-state index contributed by atoms with van der Waals surface area (Å²) in [6, 6.07) is 16.2. The van der Waals surface area contributed by atoms with Gasteiger partial charge in [0, 0.05) is 23.1 Å². The van der Waals surface area contributed by atoms with Gasteiger partial charge in [0.05, 0.1) is 10.6 Å². The second kappa shape index (κ2) is 8.55. The summed E-state index contributed by atoms with van der Waals surface area (Å²) >= 11 is 2.62. The Kier molecular flexibility index (Phi) is 5.69. The predicted molar refractivity (Wildman–Crippen MR) is 119 cm³/mol. The minimum Gasteiger partial charge on any atom is -0.282 e. The third-order valence-electron chi connectivity index (χ3n) is 4.14. The monoisotopic (exact) mass is 421 g/mol. The zero-order valence-electron chi connectivity index (χ0n) is 15.3. The van der Waals surface area contributed by atoms with Crippen molar-refractivity contribution in [2.75, 3.05) is 6.54 Å². The van der Waals surface area contributed by atoms with Crippen LogP contribution in [0, 0.1) is 5.82 Å². The van der Waals surface area contributed by atoms with Gasteiger partial charge in [0.25, 0.3) is 5.91 Å². The standard InChI is InChI=1S/C22H16FN3OS2/c1-2-12-26-20(27)19(13-16-10-6-7-11-17(16)23)29-22(26)25-21-24-18(14-28-21)15-8-4-3-5-9-15/h2-11,13-14H,1,12H2/b19-13-,25-22+. The Hall–Kier alpha value is -3.03. The van der Waals surface area contributed by atoms with Crippen LogP contribution in [-0.4, -0.2) is 27.5 Å². The lowest BCUT2D eigenvalue weighted by atomic mass is 10.2. The van der Waals surface area contributed by atoms with Crippen molar-refractivity contribution in [1.29, 1.82) is 0 Å². The van der Waals surface area contributed by atoms with E-state index in [1.807, 2.05) is 35.7 Å². The predicted octanol–water partition coefficient (Wildman–Crippen LogP) is 5.74. The number of aliphatic imine (C=N–C) groups is 1. The minimum absolute atomic E-state index is 0.225. The molecule has 1 fully saturated rings. The third-order valence-corrected chi connectivity index (χ3v) is 5.89. The zero-order valence-corrected chi connectivity index (χ0v) is 16.9. The van der Waals surface area contributed by atoms with Gasteiger partial charge in [0.2, 0.25) is 5.13 Å². The Balaban J connectivity index is 1.65. The van der Waals surface area contributed by atoms with Crippen LogP contribution in [0.15, 0.2) is 82.5 Å². The van der Waals surface area contributed by atoms with Gasteiger partial charge in [-0.1, -0.05) is 54.6 Å². The Labute approximate surface area is 176 Å². The first-order chi connectivity index (χ1) is 14.2. The lowest BCUT2D eigenvalue weighted by molar-refractivity contribution is -0.121. The smallest absolute Gasteiger partial charge is 0.267 e. The number of halogens is 1. The quantitative estimate of drug-likeness (QED) is 0.390. The summed E-state index contributed by atoms with van der Waals surface area (Å²) < 4.78 is 14.0. The lowest BCUT2D eigenvalue weighted by Gasteiger charge is -2.11. The fraction of sp³-hybridized carbons (Fsp3) is 0.0455. The average molecular weight is 422 g/mol. The first kappa shape index (κ1) is 19.3. The molecule has 0 N–H and O–H groups in total. The molecule has 3 aromatic rings. The number of carbonyl (C=O) groups is 1. The van der Waals surface area contributed by atoms with Crippen LogP contribution in [0.1, 0.15) is 5.56 Å². The van der Waals surface area contributed by atoms with E-state index in [2.05, 4.69) is 16.6 Å². The molecule has 144 valence electrons. The minimum atomic E-state index is -0.374. The molecular weight excluding hydrogens is 405 g/mol. The number of thiazole rings is 1. The molecule has 1 saturated heterocycles. The van der Waals surface area contributed by atoms with Crippen molar-refractivity contribution >= 4 is 45.4 Å². The Morgan fingerprint density at radius 1 is 1.14 bits per heavy atom. The van der Waals surface area contributed by atoms with Gasteiger partial charge in [-0.3, -0.25) is 9.69 Å². The Bertz CT molecular complexity index is 1120. The van der Waals surface area contributed by atoms with Gasteiger partial charge in [-0.25, -0.2) is 9.37 Å². The molecule has 4 rings (SSSR count). The van der Waals surface area contributed by atoms with E-state index in [4.69, 9.17) is 0 Å². The summed E-state index contributed by atoms with van der Waals surface area (Å²) in [7, 11) is 0. The molecule has 1 amide bonds. The molecule has 4 nitrogen and oxygen atoms in total. The number of hydrogen-bond acceptors (Lipinski definition) is 5. The summed E-state index contributed by atoms with van der Waals surface area (Å²) in [5, 5.41) is 3.00. The van der Waals surface area contributed by atoms with Crippen molar-refractivity contribution in [2.24, 2.45) is 4.99 Å². The molecule has 0 atom stereocenters. The van der Waals surface area contributed by atoms with Crippen LogP contribution in [-0.2, 0) is 4.79 Å². The van der Waals surface area contributed by atoms with Gasteiger partial charge in [-0.05, 0) is 23.9 Å². The molecule has 0 spiro atoms. The fourth-order valence-electron chi connectivity index (χ4n) is 2.75. The molecule has 2 aromatic carbocycles. The maximum absolute atomic E-state index is 14.0. The SMILES string of the molecule is C=CCN1C(=O)/C(=C/c2ccccc2F)S/C1=N/c1nc(-c2ccccc2)cs1. The Morgan fingerprint density at radius 2 is 1.90 bits per heavy atom. The average Bonchev–Trinajstić information content (AvgIpc) is 3.31. The zero-order chi connectivity index (χ0) is 20.2. The molecule has 0 aliphatic carbocycles. The summed E-state index contributed by atoms with van der Waals surface area (Å²) in [5.74, 6) is -0.599. The lowest BCUT2D eigenvalue weighted by Crippen LogP contribution is -2.29. The number of aromatic nitrogens is 1. The molecule has 29 heavy (non-hydrogen) atoms. The van der Waals surface area contributed by atoms with Gasteiger partial charge in [-0.2, -0.15) is 4.99 Å². The Morgan fingerprint density at radius 3 is 2.66 bits per heavy atom. The van der Waals surface area contributed by atoms with Crippen LogP contribution in [0.4, 0.5) is 9.52 Å². The van der Waals surface area contributed by atoms with Crippen LogP contribution >= 0.6 is 23.1 Å². The first-order valence-electron chi connectivity index (χ1n) is 8.82. The van der Waals surface area contributed by atoms with E-state index in [1.165, 1.54) is 34.1 Å². The van der Waals surface area contributed by atoms with E-state index in [-0.39, 0.29) is 11.7 Å². The van der Waals surface area contributed by atoms with Gasteiger partial charge in [0.1, 0.15) is 5.82 Å². The molecule has 1 aliphatic rings. The number of hydrogen-bond donors (Lipinski definition) is 0. The molecule has 0 bridgehead atoms. The van der Waals surface area contributed by atoms with Gasteiger partial charge in [0.15, 0.2) is 5.17 Å². The highest BCUT2D eigenvalue weighted by molar-refractivity contribution is 8.18. The molecular formula is C22H16FN3OS2. The topological polar surface area (TPSA) is 45.6 Å². The van der Waals surface area contributed by atoms with E-state index in [1.54, 1.807) is 30.4 Å². The van der Waals surface area contributed by atoms with Gasteiger partial charge < -0.3 is 0 Å². The van der Waals surface area contributed by atoms with E-state index in [9.17, 15) is 9.18 Å². The number of benzene rings is 2. The number of rotatable bonds is 5. The number of carbonyl (C=O) groups excluding carboxylic acids is 1. The van der Waals surface area contributed by atoms with Crippen molar-refractivity contribution < 1.29 is 9.18 Å². The molecule has 1 aliphatic heterocycles. The number of nitrogens with zero attached hydrogens (tertiary/aromatic N) is 3. The maximum Gasteiger partial charge on any atom is 0.267 e. The van der Waals surface area contributed by atoms with E-state index in [0.717, 1.165) is 11.3 Å². The number of amidine groups is 1. The highest BCUT2D eigenvalue weighted by Crippen LogP contribution is 2.35. The fourth-order valence-corrected chi connectivity index (χ4v) is 4.49. The summed E-state index contributed by atoms with van der Waals surface area (Å²) in [4.78, 5) is 23.9. The number of amides is 1. The second-order valence-electron chi connectivity index (χ2n) is 6.11. The van der Waals surface area contributed by atoms with E-state index >= 15 is 0 Å². The molecule has 0 unspecified atom stereocenters. The number of thioether (sulfide) groups is 1. The van der Waals surface area contributed by atoms with Crippen molar-refractivity contribution in [1.82, 2.24) is 9.88 Å². The second-order valence-corrected chi connectivity index (χ2v) is 7.96. The van der Waals surface area contributed by atoms with Crippen LogP contribution in [0.3, 0.4) is 0 Å². The maximum atomic E-state index is 14.0. The molecule has 0 saturated carbocycles. The molecule has 1 aromatic heterocycles. The molecule has 2 heterocycles. The van der Waals surface area contributed by atoms with Crippen molar-refractivity contribution in [3.05, 3.63) is 88.9 Å². The van der Waals surface area contributed by atoms with E-state index < -0.39 is 0 Å². The first-order valence-corrected chi connectivity index (χ1v) is 10.5. The van der Waals surface area contributed by atoms with Crippen molar-refractivity contribution in [3.63, 3.8) is 0 Å². The van der Waals surface area contributed by atoms with Crippen LogP contribution < -0.4 is 0 Å². The summed E-state index contributed by atoms with van der Waals surface area (Å²) in [6.07, 6.45) is 3.19. The van der Waals surface area contributed by atoms with Crippen LogP contribution in [0.2, 0.25) is 0 Å². The highest BCUT2D eigenvalue weighted by atomic mass is 32.2.